The fraction of sp³-hybridized carbons (Fsp3) is 0.786. The van der Waals surface area contributed by atoms with Crippen LogP contribution in [-0.2, 0) is 23.8 Å². The molecule has 126 valence electrons. The van der Waals surface area contributed by atoms with E-state index in [1.807, 2.05) is 0 Å². The second-order valence-corrected chi connectivity index (χ2v) is 4.95. The van der Waals surface area contributed by atoms with Crippen LogP contribution in [0, 0.1) is 0 Å². The molecule has 1 saturated heterocycles. The van der Waals surface area contributed by atoms with E-state index >= 15 is 0 Å². The summed E-state index contributed by atoms with van der Waals surface area (Å²) in [5.74, 6) is -0.617. The van der Waals surface area contributed by atoms with Gasteiger partial charge in [0.15, 0.2) is 0 Å². The summed E-state index contributed by atoms with van der Waals surface area (Å²) in [6.07, 6.45) is 0.00717. The first-order valence-corrected chi connectivity index (χ1v) is 7.48. The highest BCUT2D eigenvalue weighted by atomic mass is 16.6. The van der Waals surface area contributed by atoms with E-state index in [2.05, 4.69) is 17.1 Å². The Hall–Kier alpha value is -1.83. The molecule has 1 aliphatic rings. The van der Waals surface area contributed by atoms with E-state index in [-0.39, 0.29) is 38.3 Å². The van der Waals surface area contributed by atoms with Crippen molar-refractivity contribution in [3.63, 3.8) is 0 Å². The summed E-state index contributed by atoms with van der Waals surface area (Å²) in [6.45, 7) is 5.83. The van der Waals surface area contributed by atoms with Crippen LogP contribution < -0.4 is 5.32 Å². The number of rotatable bonds is 10. The first-order chi connectivity index (χ1) is 10.5. The lowest BCUT2D eigenvalue weighted by atomic mass is 10.4. The molecule has 1 heterocycles. The number of alkyl carbamates (subject to hydrolysis) is 1. The molecule has 1 N–H and O–H groups in total. The van der Waals surface area contributed by atoms with Crippen LogP contribution in [0.3, 0.4) is 0 Å². The van der Waals surface area contributed by atoms with Crippen LogP contribution in [0.2, 0.25) is 0 Å². The van der Waals surface area contributed by atoms with E-state index in [1.165, 1.54) is 0 Å². The number of amides is 1. The SMILES string of the molecule is CCC(=O)OCCNC(=O)OCCOC(=O)CCN1CC1C. The van der Waals surface area contributed by atoms with E-state index in [0.29, 0.717) is 25.4 Å². The molecule has 1 fully saturated rings. The van der Waals surface area contributed by atoms with Gasteiger partial charge in [0, 0.05) is 25.6 Å². The third-order valence-corrected chi connectivity index (χ3v) is 3.09. The van der Waals surface area contributed by atoms with Crippen LogP contribution in [0.25, 0.3) is 0 Å². The second kappa shape index (κ2) is 9.99. The van der Waals surface area contributed by atoms with Crippen LogP contribution in [-0.4, -0.2) is 68.4 Å². The molecule has 2 unspecified atom stereocenters. The molecule has 0 aromatic heterocycles. The standard InChI is InChI=1S/C14H24N2O6/c1-3-12(17)20-7-5-15-14(19)22-9-8-21-13(18)4-6-16-10-11(16)2/h11H,3-10H2,1-2H3,(H,15,19). The molecule has 0 aromatic rings. The van der Waals surface area contributed by atoms with Crippen LogP contribution in [0.5, 0.6) is 0 Å². The quantitative estimate of drug-likeness (QED) is 0.268. The molecule has 22 heavy (non-hydrogen) atoms. The Balaban J connectivity index is 1.89. The minimum Gasteiger partial charge on any atom is -0.464 e. The fourth-order valence-corrected chi connectivity index (χ4v) is 1.67. The van der Waals surface area contributed by atoms with Crippen LogP contribution >= 0.6 is 0 Å². The van der Waals surface area contributed by atoms with Gasteiger partial charge in [0.1, 0.15) is 19.8 Å². The fourth-order valence-electron chi connectivity index (χ4n) is 1.67. The van der Waals surface area contributed by atoms with Gasteiger partial charge in [-0.1, -0.05) is 6.92 Å². The minimum atomic E-state index is -0.637. The lowest BCUT2D eigenvalue weighted by molar-refractivity contribution is -0.145. The molecule has 0 bridgehead atoms. The van der Waals surface area contributed by atoms with E-state index in [1.54, 1.807) is 6.92 Å². The molecule has 1 aliphatic heterocycles. The van der Waals surface area contributed by atoms with Crippen molar-refractivity contribution < 1.29 is 28.6 Å². The van der Waals surface area contributed by atoms with Crippen molar-refractivity contribution in [1.29, 1.82) is 0 Å². The third kappa shape index (κ3) is 8.46. The van der Waals surface area contributed by atoms with Crippen LogP contribution in [0.4, 0.5) is 4.79 Å². The molecule has 8 nitrogen and oxygen atoms in total. The predicted molar refractivity (Wildman–Crippen MR) is 77.2 cm³/mol. The Morgan fingerprint density at radius 1 is 1.09 bits per heavy atom. The van der Waals surface area contributed by atoms with E-state index in [9.17, 15) is 14.4 Å². The third-order valence-electron chi connectivity index (χ3n) is 3.09. The predicted octanol–water partition coefficient (Wildman–Crippen LogP) is 0.303. The molecule has 0 saturated carbocycles. The normalized spacial score (nSPS) is 19.2. The summed E-state index contributed by atoms with van der Waals surface area (Å²) in [5, 5.41) is 2.42. The van der Waals surface area contributed by atoms with Gasteiger partial charge in [0.2, 0.25) is 0 Å². The highest BCUT2D eigenvalue weighted by Crippen LogP contribution is 2.15. The second-order valence-electron chi connectivity index (χ2n) is 4.95. The smallest absolute Gasteiger partial charge is 0.407 e. The van der Waals surface area contributed by atoms with Gasteiger partial charge in [0.25, 0.3) is 0 Å². The summed E-state index contributed by atoms with van der Waals surface area (Å²) in [4.78, 5) is 35.6. The van der Waals surface area contributed by atoms with E-state index < -0.39 is 6.09 Å². The molecule has 2 atom stereocenters. The molecule has 8 heteroatoms. The van der Waals surface area contributed by atoms with Crippen molar-refractivity contribution >= 4 is 18.0 Å². The maximum atomic E-state index is 11.4. The molecule has 0 spiro atoms. The molecule has 1 amide bonds. The number of hydrogen-bond donors (Lipinski definition) is 1. The van der Waals surface area contributed by atoms with Gasteiger partial charge in [-0.2, -0.15) is 0 Å². The number of carbonyl (C=O) groups is 3. The van der Waals surface area contributed by atoms with Crippen LogP contribution in [0.15, 0.2) is 0 Å². The highest BCUT2D eigenvalue weighted by Gasteiger charge is 2.28. The summed E-state index contributed by atoms with van der Waals surface area (Å²) in [7, 11) is 0. The number of hydrogen-bond acceptors (Lipinski definition) is 7. The average Bonchev–Trinajstić information content (AvgIpc) is 3.21. The largest absolute Gasteiger partial charge is 0.464 e. The maximum Gasteiger partial charge on any atom is 0.407 e. The van der Waals surface area contributed by atoms with Crippen LogP contribution in [0.1, 0.15) is 26.7 Å². The number of nitrogens with one attached hydrogen (secondary N) is 1. The summed E-state index contributed by atoms with van der Waals surface area (Å²) in [5.41, 5.74) is 0. The Bertz CT molecular complexity index is 388. The molecular formula is C14H24N2O6. The zero-order valence-electron chi connectivity index (χ0n) is 13.1. The molecule has 0 radical (unpaired) electrons. The summed E-state index contributed by atoms with van der Waals surface area (Å²) >= 11 is 0. The van der Waals surface area contributed by atoms with E-state index in [0.717, 1.165) is 6.54 Å². The van der Waals surface area contributed by atoms with E-state index in [4.69, 9.17) is 14.2 Å². The molecule has 1 rings (SSSR count). The Kier molecular flexibility index (Phi) is 8.27. The Morgan fingerprint density at radius 2 is 1.73 bits per heavy atom. The zero-order chi connectivity index (χ0) is 16.4. The topological polar surface area (TPSA) is 93.9 Å². The molecule has 0 aliphatic carbocycles. The van der Waals surface area contributed by atoms with Gasteiger partial charge in [-0.15, -0.1) is 0 Å². The molecule has 0 aromatic carbocycles. The van der Waals surface area contributed by atoms with Crippen molar-refractivity contribution in [2.75, 3.05) is 39.5 Å². The maximum absolute atomic E-state index is 11.4. The Morgan fingerprint density at radius 3 is 2.36 bits per heavy atom. The number of esters is 2. The highest BCUT2D eigenvalue weighted by molar-refractivity contribution is 5.70. The Labute approximate surface area is 130 Å². The summed E-state index contributed by atoms with van der Waals surface area (Å²) < 4.78 is 14.5. The van der Waals surface area contributed by atoms with Crippen molar-refractivity contribution in [2.24, 2.45) is 0 Å². The zero-order valence-corrected chi connectivity index (χ0v) is 13.1. The lowest BCUT2D eigenvalue weighted by Crippen LogP contribution is -2.29. The number of nitrogens with zero attached hydrogens (tertiary/aromatic N) is 1. The summed E-state index contributed by atoms with van der Waals surface area (Å²) in [6, 6.07) is 0.566. The van der Waals surface area contributed by atoms with Crippen molar-refractivity contribution in [3.8, 4) is 0 Å². The van der Waals surface area contributed by atoms with Gasteiger partial charge in [-0.05, 0) is 6.92 Å². The van der Waals surface area contributed by atoms with Crippen molar-refractivity contribution in [3.05, 3.63) is 0 Å². The van der Waals surface area contributed by atoms with Gasteiger partial charge >= 0.3 is 18.0 Å². The number of carbonyl (C=O) groups excluding carboxylic acids is 3. The first kappa shape index (κ1) is 18.2. The van der Waals surface area contributed by atoms with Gasteiger partial charge in [0.05, 0.1) is 13.0 Å². The molecular weight excluding hydrogens is 292 g/mol. The number of ether oxygens (including phenoxy) is 3. The average molecular weight is 316 g/mol. The van der Waals surface area contributed by atoms with Gasteiger partial charge in [-0.25, -0.2) is 4.79 Å². The van der Waals surface area contributed by atoms with Crippen molar-refractivity contribution in [2.45, 2.75) is 32.7 Å². The van der Waals surface area contributed by atoms with Crippen molar-refractivity contribution in [1.82, 2.24) is 10.2 Å². The minimum absolute atomic E-state index is 0.00750. The first-order valence-electron chi connectivity index (χ1n) is 7.48. The monoisotopic (exact) mass is 316 g/mol. The van der Waals surface area contributed by atoms with Gasteiger partial charge in [-0.3, -0.25) is 14.5 Å². The lowest BCUT2D eigenvalue weighted by Gasteiger charge is -2.08. The van der Waals surface area contributed by atoms with Gasteiger partial charge < -0.3 is 19.5 Å².